The van der Waals surface area contributed by atoms with Crippen molar-refractivity contribution in [3.05, 3.63) is 24.2 Å². The molecule has 2 aliphatic rings. The average molecular weight is 263 g/mol. The number of rotatable bonds is 5. The first kappa shape index (κ1) is 12.4. The Morgan fingerprint density at radius 1 is 1.42 bits per heavy atom. The molecule has 1 saturated heterocycles. The summed E-state index contributed by atoms with van der Waals surface area (Å²) >= 11 is 0. The summed E-state index contributed by atoms with van der Waals surface area (Å²) in [4.78, 5) is 25.2. The van der Waals surface area contributed by atoms with Gasteiger partial charge in [-0.15, -0.1) is 0 Å². The largest absolute Gasteiger partial charge is 0.480 e. The van der Waals surface area contributed by atoms with Crippen LogP contribution in [-0.4, -0.2) is 40.4 Å². The number of hydrogen-bond acceptors (Lipinski definition) is 4. The molecule has 3 atom stereocenters. The molecule has 1 saturated carbocycles. The molecule has 5 heteroatoms. The highest BCUT2D eigenvalue weighted by atomic mass is 16.4. The lowest BCUT2D eigenvalue weighted by molar-refractivity contribution is -0.140. The summed E-state index contributed by atoms with van der Waals surface area (Å²) in [6, 6.07) is 3.58. The highest BCUT2D eigenvalue weighted by molar-refractivity contribution is 5.87. The summed E-state index contributed by atoms with van der Waals surface area (Å²) in [5.74, 6) is 0.210. The molecule has 0 radical (unpaired) electrons. The van der Waals surface area contributed by atoms with Crippen LogP contribution in [0.15, 0.2) is 22.8 Å². The van der Waals surface area contributed by atoms with Crippen LogP contribution in [0.1, 0.15) is 25.0 Å². The Morgan fingerprint density at radius 2 is 2.26 bits per heavy atom. The quantitative estimate of drug-likeness (QED) is 0.867. The van der Waals surface area contributed by atoms with Crippen LogP contribution in [0.25, 0.3) is 0 Å². The zero-order valence-electron chi connectivity index (χ0n) is 10.6. The third kappa shape index (κ3) is 2.30. The number of hydrogen-bond donors (Lipinski definition) is 1. The number of nitrogens with zero attached hydrogens (tertiary/aromatic N) is 1. The van der Waals surface area contributed by atoms with Gasteiger partial charge in [-0.05, 0) is 37.3 Å². The number of carbonyl (C=O) groups excluding carboxylic acids is 1. The Hall–Kier alpha value is -1.62. The molecule has 1 aliphatic heterocycles. The fraction of sp³-hybridized carbons (Fsp3) is 0.571. The van der Waals surface area contributed by atoms with Crippen molar-refractivity contribution in [3.63, 3.8) is 0 Å². The summed E-state index contributed by atoms with van der Waals surface area (Å²) in [6.45, 7) is -0.0320. The number of likely N-dealkylation sites (tertiary alicyclic amines) is 1. The Morgan fingerprint density at radius 3 is 2.95 bits per heavy atom. The fourth-order valence-electron chi connectivity index (χ4n) is 3.60. The summed E-state index contributed by atoms with van der Waals surface area (Å²) in [7, 11) is 0. The van der Waals surface area contributed by atoms with Gasteiger partial charge >= 0.3 is 5.97 Å². The minimum absolute atomic E-state index is 0.0320. The second kappa shape index (κ2) is 4.81. The van der Waals surface area contributed by atoms with Crippen LogP contribution in [0, 0.1) is 5.92 Å². The van der Waals surface area contributed by atoms with Crippen molar-refractivity contribution >= 4 is 11.8 Å². The van der Waals surface area contributed by atoms with Crippen molar-refractivity contribution in [2.75, 3.05) is 6.54 Å². The molecule has 19 heavy (non-hydrogen) atoms. The number of aliphatic carboxylic acids is 1. The predicted molar refractivity (Wildman–Crippen MR) is 66.7 cm³/mol. The molecule has 1 N–H and O–H groups in total. The Labute approximate surface area is 111 Å². The predicted octanol–water partition coefficient (Wildman–Crippen LogP) is 1.33. The van der Waals surface area contributed by atoms with E-state index >= 15 is 0 Å². The highest BCUT2D eigenvalue weighted by Crippen LogP contribution is 2.42. The van der Waals surface area contributed by atoms with Crippen molar-refractivity contribution in [1.82, 2.24) is 4.90 Å². The lowest BCUT2D eigenvalue weighted by atomic mass is 9.93. The van der Waals surface area contributed by atoms with Gasteiger partial charge in [0.2, 0.25) is 0 Å². The monoisotopic (exact) mass is 263 g/mol. The third-order valence-electron chi connectivity index (χ3n) is 4.29. The molecular formula is C14H17NO4. The molecule has 2 fully saturated rings. The number of carbonyl (C=O) groups is 2. The maximum Gasteiger partial charge on any atom is 0.317 e. The number of carboxylic acids is 1. The van der Waals surface area contributed by atoms with Gasteiger partial charge in [-0.2, -0.15) is 0 Å². The molecule has 2 heterocycles. The van der Waals surface area contributed by atoms with Crippen LogP contribution in [0.5, 0.6) is 0 Å². The van der Waals surface area contributed by atoms with Crippen molar-refractivity contribution in [1.29, 1.82) is 0 Å². The van der Waals surface area contributed by atoms with Gasteiger partial charge in [-0.1, -0.05) is 0 Å². The Bertz CT molecular complexity index is 482. The molecule has 1 aromatic rings. The molecule has 2 unspecified atom stereocenters. The summed E-state index contributed by atoms with van der Waals surface area (Å²) in [5, 5.41) is 8.99. The minimum Gasteiger partial charge on any atom is -0.480 e. The van der Waals surface area contributed by atoms with Crippen molar-refractivity contribution in [2.24, 2.45) is 5.92 Å². The number of carboxylic acid groups (broad SMARTS) is 1. The summed E-state index contributed by atoms with van der Waals surface area (Å²) in [6.07, 6.45) is 4.83. The average Bonchev–Trinajstić information content (AvgIpc) is 3.03. The smallest absolute Gasteiger partial charge is 0.317 e. The first-order chi connectivity index (χ1) is 9.15. The van der Waals surface area contributed by atoms with Crippen molar-refractivity contribution < 1.29 is 19.1 Å². The SMILES string of the molecule is O=C(O)CN1C2CCC(C2)[C@H]1C(=O)Cc1ccco1. The lowest BCUT2D eigenvalue weighted by Crippen LogP contribution is -2.48. The van der Waals surface area contributed by atoms with Crippen LogP contribution in [-0.2, 0) is 16.0 Å². The molecular weight excluding hydrogens is 246 g/mol. The van der Waals surface area contributed by atoms with E-state index in [1.807, 2.05) is 4.90 Å². The summed E-state index contributed by atoms with van der Waals surface area (Å²) in [5.41, 5.74) is 0. The van der Waals surface area contributed by atoms with Gasteiger partial charge < -0.3 is 9.52 Å². The number of furan rings is 1. The fourth-order valence-corrected chi connectivity index (χ4v) is 3.60. The molecule has 5 nitrogen and oxygen atoms in total. The molecule has 0 spiro atoms. The zero-order valence-corrected chi connectivity index (χ0v) is 10.6. The van der Waals surface area contributed by atoms with E-state index in [0.717, 1.165) is 19.3 Å². The number of fused-ring (bicyclic) bond motifs is 2. The highest BCUT2D eigenvalue weighted by Gasteiger charge is 2.49. The van der Waals surface area contributed by atoms with Gasteiger partial charge in [0.25, 0.3) is 0 Å². The van der Waals surface area contributed by atoms with E-state index in [1.54, 1.807) is 18.4 Å². The normalized spacial score (nSPS) is 29.8. The summed E-state index contributed by atoms with van der Waals surface area (Å²) < 4.78 is 5.20. The lowest BCUT2D eigenvalue weighted by Gasteiger charge is -2.32. The van der Waals surface area contributed by atoms with Crippen molar-refractivity contribution in [3.8, 4) is 0 Å². The van der Waals surface area contributed by atoms with E-state index in [4.69, 9.17) is 9.52 Å². The van der Waals surface area contributed by atoms with Crippen LogP contribution < -0.4 is 0 Å². The molecule has 0 aromatic carbocycles. The first-order valence-electron chi connectivity index (χ1n) is 6.68. The standard InChI is InChI=1S/C14H17NO4/c16-12(7-11-2-1-5-19-11)14-9-3-4-10(6-9)15(14)8-13(17)18/h1-2,5,9-10,14H,3-4,6-8H2,(H,17,18)/t9?,10?,14-/m0/s1. The number of piperidine rings is 1. The Kier molecular flexibility index (Phi) is 3.14. The van der Waals surface area contributed by atoms with E-state index < -0.39 is 5.97 Å². The third-order valence-corrected chi connectivity index (χ3v) is 4.29. The van der Waals surface area contributed by atoms with Gasteiger partial charge in [0.1, 0.15) is 5.76 Å². The van der Waals surface area contributed by atoms with Crippen molar-refractivity contribution in [2.45, 2.75) is 37.8 Å². The van der Waals surface area contributed by atoms with Gasteiger partial charge in [-0.3, -0.25) is 14.5 Å². The molecule has 102 valence electrons. The second-order valence-electron chi connectivity index (χ2n) is 5.46. The van der Waals surface area contributed by atoms with Gasteiger partial charge in [0.15, 0.2) is 5.78 Å². The van der Waals surface area contributed by atoms with Crippen LogP contribution in [0.4, 0.5) is 0 Å². The molecule has 3 rings (SSSR count). The minimum atomic E-state index is -0.858. The second-order valence-corrected chi connectivity index (χ2v) is 5.46. The van der Waals surface area contributed by atoms with Gasteiger partial charge in [0, 0.05) is 6.04 Å². The van der Waals surface area contributed by atoms with E-state index in [2.05, 4.69) is 0 Å². The van der Waals surface area contributed by atoms with Gasteiger partial charge in [0.05, 0.1) is 25.3 Å². The van der Waals surface area contributed by atoms with Crippen LogP contribution in [0.2, 0.25) is 0 Å². The van der Waals surface area contributed by atoms with Crippen LogP contribution >= 0.6 is 0 Å². The first-order valence-corrected chi connectivity index (χ1v) is 6.68. The van der Waals surface area contributed by atoms with E-state index in [9.17, 15) is 9.59 Å². The number of ketones is 1. The topological polar surface area (TPSA) is 70.8 Å². The molecule has 1 aromatic heterocycles. The Balaban J connectivity index is 1.73. The maximum absolute atomic E-state index is 12.4. The van der Waals surface area contributed by atoms with E-state index in [-0.39, 0.29) is 30.8 Å². The van der Waals surface area contributed by atoms with E-state index in [1.165, 1.54) is 0 Å². The molecule has 2 bridgehead atoms. The van der Waals surface area contributed by atoms with Crippen LogP contribution in [0.3, 0.4) is 0 Å². The molecule has 1 aliphatic carbocycles. The zero-order chi connectivity index (χ0) is 13.4. The maximum atomic E-state index is 12.4. The van der Waals surface area contributed by atoms with E-state index in [0.29, 0.717) is 11.7 Å². The number of Topliss-reactive ketones (excluding diaryl/α,β-unsaturated/α-hetero) is 1. The molecule has 0 amide bonds. The van der Waals surface area contributed by atoms with Gasteiger partial charge in [-0.25, -0.2) is 0 Å².